The van der Waals surface area contributed by atoms with E-state index in [-0.39, 0.29) is 26.2 Å². The maximum Gasteiger partial charge on any atom is 0.361 e. The highest BCUT2D eigenvalue weighted by molar-refractivity contribution is 5.70. The number of likely N-dealkylation sites (N-methyl/N-ethyl adjacent to an activating group) is 1. The second kappa shape index (κ2) is 42.8. The molecular weight excluding hydrogens is 751 g/mol. The van der Waals surface area contributed by atoms with Crippen LogP contribution in [-0.2, 0) is 23.8 Å². The monoisotopic (exact) mass is 831 g/mol. The molecule has 0 fully saturated rings. The minimum absolute atomic E-state index is 0.195. The maximum atomic E-state index is 12.0. The maximum absolute atomic E-state index is 12.0. The Hall–Kier alpha value is -4.34. The number of rotatable bonds is 38. The first kappa shape index (κ1) is 55.7. The molecule has 0 aliphatic rings. The summed E-state index contributed by atoms with van der Waals surface area (Å²) in [5.74, 6) is -1.67. The molecule has 2 unspecified atom stereocenters. The van der Waals surface area contributed by atoms with E-state index in [1.807, 2.05) is 21.1 Å². The van der Waals surface area contributed by atoms with Crippen molar-refractivity contribution in [2.75, 3.05) is 47.5 Å². The number of unbranched alkanes of at least 4 members (excludes halogenated alkanes) is 2. The zero-order valence-electron chi connectivity index (χ0n) is 37.5. The van der Waals surface area contributed by atoms with Crippen molar-refractivity contribution in [2.24, 2.45) is 0 Å². The Kier molecular flexibility index (Phi) is 39.7. The Labute approximate surface area is 364 Å². The number of carbonyl (C=O) groups excluding carboxylic acids is 1. The quantitative estimate of drug-likeness (QED) is 0.0210. The summed E-state index contributed by atoms with van der Waals surface area (Å²) in [7, 11) is 5.89. The summed E-state index contributed by atoms with van der Waals surface area (Å²) in [6.07, 6.45) is 64.8. The molecule has 0 heterocycles. The van der Waals surface area contributed by atoms with Gasteiger partial charge in [0.25, 0.3) is 6.29 Å². The zero-order valence-corrected chi connectivity index (χ0v) is 37.5. The normalized spacial score (nSPS) is 14.5. The lowest BCUT2D eigenvalue weighted by molar-refractivity contribution is -0.870. The van der Waals surface area contributed by atoms with Crippen LogP contribution in [0.5, 0.6) is 0 Å². The Bertz CT molecular complexity index is 1420. The highest BCUT2D eigenvalue weighted by atomic mass is 16.7. The number of aliphatic hydroxyl groups is 1. The molecule has 0 rings (SSSR count). The van der Waals surface area contributed by atoms with Crippen molar-refractivity contribution in [3.8, 4) is 0 Å². The standard InChI is InChI=1S/C52H79NO7/c1-5-6-7-8-9-10-11-12-13-14-15-16-17-18-19-20-21-22-23-24-25-26-27-28-29-30-31-32-33-34-35-36-37-38-39-40-41-42-43-44-50(55)59-47-49(54)48-60-52(51(56)57)58-46-45-53(2,3)4/h6-7,9-10,12-13,15-16,18-19,21-22,24-25,27-28,30-31,33-34,36-37,39-40,49,52,54H,5,8,11,14,17,20,23,26,29,32,35,38,41-48H2,1-4H3/p+1/b7-6-,10-9-,13-12-,16-15-,19-18-,22-21-,25-24-,28-27-,31-30-,34-33-,37-36-,40-39-. The average molecular weight is 831 g/mol. The Morgan fingerprint density at radius 3 is 1.18 bits per heavy atom. The lowest BCUT2D eigenvalue weighted by Crippen LogP contribution is -2.40. The van der Waals surface area contributed by atoms with Crippen LogP contribution in [0.2, 0.25) is 0 Å². The van der Waals surface area contributed by atoms with Crippen molar-refractivity contribution in [2.45, 2.75) is 122 Å². The molecule has 0 amide bonds. The van der Waals surface area contributed by atoms with Crippen LogP contribution in [0.1, 0.15) is 110 Å². The van der Waals surface area contributed by atoms with Crippen LogP contribution in [0.4, 0.5) is 0 Å². The second-order valence-electron chi connectivity index (χ2n) is 15.1. The number of ether oxygens (including phenoxy) is 3. The summed E-state index contributed by atoms with van der Waals surface area (Å²) in [6, 6.07) is 0. The molecule has 60 heavy (non-hydrogen) atoms. The van der Waals surface area contributed by atoms with E-state index in [9.17, 15) is 19.8 Å². The third kappa shape index (κ3) is 44.8. The molecule has 0 saturated heterocycles. The molecule has 8 heteroatoms. The van der Waals surface area contributed by atoms with Gasteiger partial charge in [0.15, 0.2) is 0 Å². The molecule has 0 radical (unpaired) electrons. The molecule has 0 aromatic rings. The van der Waals surface area contributed by atoms with Gasteiger partial charge in [-0.15, -0.1) is 0 Å². The topological polar surface area (TPSA) is 102 Å². The number of carboxylic acids is 1. The summed E-state index contributed by atoms with van der Waals surface area (Å²) in [5, 5.41) is 19.2. The molecule has 2 N–H and O–H groups in total. The first-order chi connectivity index (χ1) is 29.2. The lowest BCUT2D eigenvalue weighted by atomic mass is 10.2. The number of hydrogen-bond donors (Lipinski definition) is 2. The van der Waals surface area contributed by atoms with Crippen LogP contribution in [-0.4, -0.2) is 86.5 Å². The number of carbonyl (C=O) groups is 2. The van der Waals surface area contributed by atoms with E-state index in [2.05, 4.69) is 153 Å². The number of nitrogens with zero attached hydrogens (tertiary/aromatic N) is 1. The fourth-order valence-electron chi connectivity index (χ4n) is 4.93. The summed E-state index contributed by atoms with van der Waals surface area (Å²) in [5.41, 5.74) is 0. The highest BCUT2D eigenvalue weighted by Crippen LogP contribution is 2.06. The first-order valence-electron chi connectivity index (χ1n) is 22.1. The minimum Gasteiger partial charge on any atom is -0.477 e. The second-order valence-corrected chi connectivity index (χ2v) is 15.1. The SMILES string of the molecule is CC/C=C\C/C=C\C/C=C\C/C=C\C/C=C\C/C=C\C/C=C\C/C=C\C/C=C\C/C=C\C/C=C\C/C=C\CCCCC(=O)OCC(O)COC(OCC[N+](C)(C)C)C(=O)O. The molecule has 0 spiro atoms. The first-order valence-corrected chi connectivity index (χ1v) is 22.1. The molecule has 334 valence electrons. The average Bonchev–Trinajstić information content (AvgIpc) is 3.21. The van der Waals surface area contributed by atoms with Crippen molar-refractivity contribution >= 4 is 11.9 Å². The van der Waals surface area contributed by atoms with E-state index in [1.165, 1.54) is 0 Å². The molecule has 2 atom stereocenters. The summed E-state index contributed by atoms with van der Waals surface area (Å²) in [6.45, 7) is 2.38. The highest BCUT2D eigenvalue weighted by Gasteiger charge is 2.22. The van der Waals surface area contributed by atoms with Crippen LogP contribution in [0.3, 0.4) is 0 Å². The van der Waals surface area contributed by atoms with E-state index in [4.69, 9.17) is 14.2 Å². The molecule has 0 bridgehead atoms. The number of hydrogen-bond acceptors (Lipinski definition) is 6. The summed E-state index contributed by atoms with van der Waals surface area (Å²) in [4.78, 5) is 23.3. The zero-order chi connectivity index (χ0) is 44.0. The van der Waals surface area contributed by atoms with Gasteiger partial charge in [0.05, 0.1) is 34.4 Å². The Morgan fingerprint density at radius 2 is 0.850 bits per heavy atom. The van der Waals surface area contributed by atoms with Gasteiger partial charge in [-0.25, -0.2) is 4.79 Å². The van der Waals surface area contributed by atoms with Gasteiger partial charge in [-0.2, -0.15) is 0 Å². The fourth-order valence-corrected chi connectivity index (χ4v) is 4.93. The van der Waals surface area contributed by atoms with Crippen LogP contribution >= 0.6 is 0 Å². The Morgan fingerprint density at radius 1 is 0.500 bits per heavy atom. The van der Waals surface area contributed by atoms with Crippen molar-refractivity contribution in [3.63, 3.8) is 0 Å². The van der Waals surface area contributed by atoms with Gasteiger partial charge in [0, 0.05) is 6.42 Å². The molecule has 0 aromatic heterocycles. The number of aliphatic hydroxyl groups excluding tert-OH is 1. The van der Waals surface area contributed by atoms with E-state index in [1.54, 1.807) is 0 Å². The molecule has 0 saturated carbocycles. The molecular formula is C52H80NO7+. The van der Waals surface area contributed by atoms with Gasteiger partial charge in [-0.05, 0) is 96.3 Å². The van der Waals surface area contributed by atoms with E-state index >= 15 is 0 Å². The number of aliphatic carboxylic acids is 1. The van der Waals surface area contributed by atoms with E-state index in [0.29, 0.717) is 17.4 Å². The van der Waals surface area contributed by atoms with Crippen molar-refractivity contribution in [3.05, 3.63) is 146 Å². The summed E-state index contributed by atoms with van der Waals surface area (Å²) < 4.78 is 16.1. The predicted octanol–water partition coefficient (Wildman–Crippen LogP) is 12.0. The number of allylic oxidation sites excluding steroid dienone is 24. The Balaban J connectivity index is 3.75. The largest absolute Gasteiger partial charge is 0.477 e. The van der Waals surface area contributed by atoms with Gasteiger partial charge in [-0.3, -0.25) is 4.79 Å². The van der Waals surface area contributed by atoms with Crippen molar-refractivity contribution in [1.29, 1.82) is 0 Å². The van der Waals surface area contributed by atoms with Crippen LogP contribution < -0.4 is 0 Å². The fraction of sp³-hybridized carbons (Fsp3) is 0.500. The number of carboxylic acid groups (broad SMARTS) is 1. The smallest absolute Gasteiger partial charge is 0.361 e. The van der Waals surface area contributed by atoms with Gasteiger partial charge in [0.1, 0.15) is 19.3 Å². The molecule has 0 aliphatic carbocycles. The van der Waals surface area contributed by atoms with Crippen LogP contribution in [0.15, 0.2) is 146 Å². The minimum atomic E-state index is -1.48. The van der Waals surface area contributed by atoms with Crippen molar-refractivity contribution in [1.82, 2.24) is 0 Å². The molecule has 8 nitrogen and oxygen atoms in total. The van der Waals surface area contributed by atoms with Crippen LogP contribution in [0.25, 0.3) is 0 Å². The van der Waals surface area contributed by atoms with Gasteiger partial charge >= 0.3 is 11.9 Å². The van der Waals surface area contributed by atoms with Gasteiger partial charge in [-0.1, -0.05) is 153 Å². The van der Waals surface area contributed by atoms with Gasteiger partial charge < -0.3 is 28.9 Å². The third-order valence-electron chi connectivity index (χ3n) is 8.34. The van der Waals surface area contributed by atoms with E-state index < -0.39 is 24.3 Å². The third-order valence-corrected chi connectivity index (χ3v) is 8.34. The van der Waals surface area contributed by atoms with Crippen LogP contribution in [0, 0.1) is 0 Å². The van der Waals surface area contributed by atoms with E-state index in [0.717, 1.165) is 89.9 Å². The number of quaternary nitrogens is 1. The summed E-state index contributed by atoms with van der Waals surface area (Å²) >= 11 is 0. The molecule has 0 aromatic carbocycles. The lowest BCUT2D eigenvalue weighted by Gasteiger charge is -2.24. The van der Waals surface area contributed by atoms with Gasteiger partial charge in [0.2, 0.25) is 0 Å². The molecule has 0 aliphatic heterocycles. The predicted molar refractivity (Wildman–Crippen MR) is 252 cm³/mol. The van der Waals surface area contributed by atoms with Crippen molar-refractivity contribution < 1.29 is 38.5 Å². The number of esters is 1.